The Labute approximate surface area is 97.2 Å². The Balaban J connectivity index is 2.95. The van der Waals surface area contributed by atoms with Gasteiger partial charge in [0, 0.05) is 19.9 Å². The third-order valence-electron chi connectivity index (χ3n) is 2.75. The van der Waals surface area contributed by atoms with Crippen molar-refractivity contribution in [1.82, 2.24) is 9.78 Å². The largest absolute Gasteiger partial charge is 0.384 e. The molecular weight excluding hydrogens is 204 g/mol. The third-order valence-corrected chi connectivity index (χ3v) is 2.75. The molecule has 0 aliphatic rings. The zero-order chi connectivity index (χ0) is 12.3. The van der Waals surface area contributed by atoms with Crippen molar-refractivity contribution in [3.8, 4) is 0 Å². The van der Waals surface area contributed by atoms with Crippen molar-refractivity contribution < 1.29 is 9.84 Å². The topological polar surface area (TPSA) is 47.3 Å². The molecule has 0 radical (unpaired) electrons. The van der Waals surface area contributed by atoms with Gasteiger partial charge in [0.1, 0.15) is 6.10 Å². The number of aliphatic hydroxyl groups excluding tert-OH is 1. The fourth-order valence-electron chi connectivity index (χ4n) is 1.97. The highest BCUT2D eigenvalue weighted by molar-refractivity contribution is 5.08. The average molecular weight is 226 g/mol. The van der Waals surface area contributed by atoms with Gasteiger partial charge in [-0.15, -0.1) is 0 Å². The summed E-state index contributed by atoms with van der Waals surface area (Å²) < 4.78 is 7.20. The van der Waals surface area contributed by atoms with Crippen LogP contribution < -0.4 is 0 Å². The summed E-state index contributed by atoms with van der Waals surface area (Å²) in [7, 11) is 1.63. The third kappa shape index (κ3) is 2.62. The second-order valence-electron chi connectivity index (χ2n) is 5.04. The van der Waals surface area contributed by atoms with Crippen molar-refractivity contribution in [1.29, 1.82) is 0 Å². The fourth-order valence-corrected chi connectivity index (χ4v) is 1.97. The highest BCUT2D eigenvalue weighted by Gasteiger charge is 2.33. The van der Waals surface area contributed by atoms with Crippen molar-refractivity contribution in [2.45, 2.75) is 46.4 Å². The Kier molecular flexibility index (Phi) is 4.10. The molecule has 0 aromatic carbocycles. The lowest BCUT2D eigenvalue weighted by Crippen LogP contribution is -2.35. The summed E-state index contributed by atoms with van der Waals surface area (Å²) in [5.74, 6) is 0. The molecule has 16 heavy (non-hydrogen) atoms. The van der Waals surface area contributed by atoms with Gasteiger partial charge in [-0.25, -0.2) is 0 Å². The molecule has 4 nitrogen and oxygen atoms in total. The number of aliphatic hydroxyl groups is 1. The molecule has 2 unspecified atom stereocenters. The predicted molar refractivity (Wildman–Crippen MR) is 63.1 cm³/mol. The van der Waals surface area contributed by atoms with Crippen molar-refractivity contribution in [2.24, 2.45) is 5.41 Å². The molecule has 1 aromatic rings. The van der Waals surface area contributed by atoms with Crippen LogP contribution in [-0.2, 0) is 11.3 Å². The van der Waals surface area contributed by atoms with Gasteiger partial charge >= 0.3 is 0 Å². The van der Waals surface area contributed by atoms with Gasteiger partial charge in [0.05, 0.1) is 11.8 Å². The van der Waals surface area contributed by atoms with Gasteiger partial charge in [-0.1, -0.05) is 20.8 Å². The van der Waals surface area contributed by atoms with Crippen LogP contribution in [0.4, 0.5) is 0 Å². The molecule has 1 aromatic heterocycles. The zero-order valence-electron chi connectivity index (χ0n) is 10.8. The maximum Gasteiger partial charge on any atom is 0.122 e. The van der Waals surface area contributed by atoms with E-state index in [-0.39, 0.29) is 11.5 Å². The Morgan fingerprint density at radius 2 is 2.12 bits per heavy atom. The first-order valence-corrected chi connectivity index (χ1v) is 5.64. The molecule has 2 atom stereocenters. The smallest absolute Gasteiger partial charge is 0.122 e. The van der Waals surface area contributed by atoms with Crippen LogP contribution in [0, 0.1) is 5.41 Å². The van der Waals surface area contributed by atoms with E-state index in [2.05, 4.69) is 25.9 Å². The molecule has 0 bridgehead atoms. The van der Waals surface area contributed by atoms with Crippen molar-refractivity contribution in [3.63, 3.8) is 0 Å². The van der Waals surface area contributed by atoms with E-state index in [1.165, 1.54) is 0 Å². The van der Waals surface area contributed by atoms with E-state index in [4.69, 9.17) is 4.74 Å². The van der Waals surface area contributed by atoms with Gasteiger partial charge in [0.25, 0.3) is 0 Å². The molecule has 1 heterocycles. The van der Waals surface area contributed by atoms with Crippen LogP contribution in [0.25, 0.3) is 0 Å². The summed E-state index contributed by atoms with van der Waals surface area (Å²) in [5.41, 5.74) is 0.695. The number of rotatable bonds is 4. The van der Waals surface area contributed by atoms with Crippen LogP contribution in [-0.4, -0.2) is 28.1 Å². The first-order valence-electron chi connectivity index (χ1n) is 5.64. The minimum absolute atomic E-state index is 0.114. The Hall–Kier alpha value is -0.870. The second kappa shape index (κ2) is 4.97. The summed E-state index contributed by atoms with van der Waals surface area (Å²) >= 11 is 0. The molecular formula is C12H22N2O2. The molecule has 0 fully saturated rings. The number of methoxy groups -OCH3 is 1. The molecule has 0 saturated heterocycles. The summed E-state index contributed by atoms with van der Waals surface area (Å²) in [5, 5.41) is 14.5. The van der Waals surface area contributed by atoms with Gasteiger partial charge in [0.2, 0.25) is 0 Å². The quantitative estimate of drug-likeness (QED) is 0.854. The number of aryl methyl sites for hydroxylation is 1. The number of ether oxygens (including phenoxy) is 1. The van der Waals surface area contributed by atoms with Crippen LogP contribution >= 0.6 is 0 Å². The van der Waals surface area contributed by atoms with Crippen LogP contribution in [0.2, 0.25) is 0 Å². The van der Waals surface area contributed by atoms with Gasteiger partial charge in [0.15, 0.2) is 0 Å². The van der Waals surface area contributed by atoms with E-state index >= 15 is 0 Å². The van der Waals surface area contributed by atoms with Crippen LogP contribution in [0.3, 0.4) is 0 Å². The highest BCUT2D eigenvalue weighted by atomic mass is 16.5. The molecule has 92 valence electrons. The number of hydrogen-bond donors (Lipinski definition) is 1. The van der Waals surface area contributed by atoms with Crippen LogP contribution in [0.5, 0.6) is 0 Å². The van der Waals surface area contributed by atoms with Gasteiger partial charge in [-0.2, -0.15) is 5.10 Å². The molecule has 0 amide bonds. The zero-order valence-corrected chi connectivity index (χ0v) is 10.8. The van der Waals surface area contributed by atoms with Crippen molar-refractivity contribution >= 4 is 0 Å². The molecule has 0 aliphatic heterocycles. The van der Waals surface area contributed by atoms with E-state index in [1.807, 2.05) is 13.0 Å². The summed E-state index contributed by atoms with van der Waals surface area (Å²) in [6, 6.07) is 1.84. The lowest BCUT2D eigenvalue weighted by molar-refractivity contribution is -0.0754. The van der Waals surface area contributed by atoms with Gasteiger partial charge < -0.3 is 9.84 Å². The van der Waals surface area contributed by atoms with E-state index in [0.717, 1.165) is 12.2 Å². The van der Waals surface area contributed by atoms with Crippen molar-refractivity contribution in [2.75, 3.05) is 7.11 Å². The van der Waals surface area contributed by atoms with Crippen molar-refractivity contribution in [3.05, 3.63) is 18.0 Å². The fraction of sp³-hybridized carbons (Fsp3) is 0.750. The lowest BCUT2D eigenvalue weighted by atomic mass is 9.84. The summed E-state index contributed by atoms with van der Waals surface area (Å²) in [4.78, 5) is 0. The Bertz CT molecular complexity index is 328. The molecule has 0 aliphatic carbocycles. The minimum Gasteiger partial charge on any atom is -0.384 e. The molecule has 4 heteroatoms. The highest BCUT2D eigenvalue weighted by Crippen LogP contribution is 2.32. The summed E-state index contributed by atoms with van der Waals surface area (Å²) in [6.07, 6.45) is 0.819. The number of aromatic nitrogens is 2. The number of hydrogen-bond acceptors (Lipinski definition) is 3. The first-order chi connectivity index (χ1) is 7.41. The lowest BCUT2D eigenvalue weighted by Gasteiger charge is -2.33. The monoisotopic (exact) mass is 226 g/mol. The molecule has 0 saturated carbocycles. The van der Waals surface area contributed by atoms with Gasteiger partial charge in [-0.05, 0) is 18.4 Å². The average Bonchev–Trinajstić information content (AvgIpc) is 2.63. The summed E-state index contributed by atoms with van der Waals surface area (Å²) in [6.45, 7) is 8.91. The standard InChI is InChI=1S/C12H22N2O2/c1-6-14-9(7-8-13-14)10(15)11(16-5)12(2,3)4/h7-8,10-11,15H,6H2,1-5H3. The molecule has 1 N–H and O–H groups in total. The maximum atomic E-state index is 10.3. The number of nitrogens with zero attached hydrogens (tertiary/aromatic N) is 2. The van der Waals surface area contributed by atoms with E-state index in [9.17, 15) is 5.11 Å². The van der Waals surface area contributed by atoms with Crippen LogP contribution in [0.1, 0.15) is 39.5 Å². The Morgan fingerprint density at radius 1 is 1.50 bits per heavy atom. The first kappa shape index (κ1) is 13.2. The maximum absolute atomic E-state index is 10.3. The minimum atomic E-state index is -0.646. The second-order valence-corrected chi connectivity index (χ2v) is 5.04. The van der Waals surface area contributed by atoms with E-state index in [0.29, 0.717) is 0 Å². The molecule has 1 rings (SSSR count). The van der Waals surface area contributed by atoms with Gasteiger partial charge in [-0.3, -0.25) is 4.68 Å². The Morgan fingerprint density at radius 3 is 2.56 bits per heavy atom. The SMILES string of the molecule is CCn1nccc1C(O)C(OC)C(C)(C)C. The van der Waals surface area contributed by atoms with E-state index in [1.54, 1.807) is 18.0 Å². The predicted octanol–water partition coefficient (Wildman–Crippen LogP) is 2.00. The van der Waals surface area contributed by atoms with Crippen LogP contribution in [0.15, 0.2) is 12.3 Å². The normalized spacial score (nSPS) is 16.1. The van der Waals surface area contributed by atoms with E-state index < -0.39 is 6.10 Å². The molecule has 0 spiro atoms.